The van der Waals surface area contributed by atoms with Crippen LogP contribution in [0.3, 0.4) is 0 Å². The predicted octanol–water partition coefficient (Wildman–Crippen LogP) is 2.56. The number of halogens is 3. The van der Waals surface area contributed by atoms with E-state index in [9.17, 15) is 18.0 Å². The zero-order valence-corrected chi connectivity index (χ0v) is 11.8. The maximum absolute atomic E-state index is 12.7. The van der Waals surface area contributed by atoms with Crippen molar-refractivity contribution in [2.24, 2.45) is 0 Å². The summed E-state index contributed by atoms with van der Waals surface area (Å²) in [5, 5.41) is 2.72. The van der Waals surface area contributed by atoms with E-state index in [0.29, 0.717) is 38.4 Å². The number of piperazine rings is 1. The van der Waals surface area contributed by atoms with Crippen LogP contribution in [0.1, 0.15) is 12.5 Å². The highest BCUT2D eigenvalue weighted by atomic mass is 19.4. The molecule has 1 N–H and O–H groups in total. The van der Waals surface area contributed by atoms with Crippen molar-refractivity contribution in [1.82, 2.24) is 10.2 Å². The molecule has 0 radical (unpaired) electrons. The molecule has 1 heterocycles. The smallest absolute Gasteiger partial charge is 0.368 e. The average molecular weight is 301 g/mol. The van der Waals surface area contributed by atoms with E-state index in [1.807, 2.05) is 11.8 Å². The zero-order valence-electron chi connectivity index (χ0n) is 11.8. The van der Waals surface area contributed by atoms with Gasteiger partial charge in [-0.05, 0) is 25.1 Å². The molecular formula is C14H18F3N3O. The fraction of sp³-hybridized carbons (Fsp3) is 0.500. The maximum Gasteiger partial charge on any atom is 0.416 e. The second-order valence-electron chi connectivity index (χ2n) is 4.86. The van der Waals surface area contributed by atoms with Gasteiger partial charge >= 0.3 is 12.2 Å². The lowest BCUT2D eigenvalue weighted by molar-refractivity contribution is -0.137. The van der Waals surface area contributed by atoms with Crippen molar-refractivity contribution in [1.29, 1.82) is 0 Å². The van der Waals surface area contributed by atoms with Gasteiger partial charge in [-0.1, -0.05) is 6.07 Å². The molecule has 2 rings (SSSR count). The average Bonchev–Trinajstić information content (AvgIpc) is 2.47. The first kappa shape index (κ1) is 15.5. The first-order valence-corrected chi connectivity index (χ1v) is 6.87. The Labute approximate surface area is 121 Å². The van der Waals surface area contributed by atoms with Crippen molar-refractivity contribution in [3.8, 4) is 0 Å². The highest BCUT2D eigenvalue weighted by Gasteiger charge is 2.31. The number of hydrogen-bond acceptors (Lipinski definition) is 2. The summed E-state index contributed by atoms with van der Waals surface area (Å²) < 4.78 is 38.1. The maximum atomic E-state index is 12.7. The van der Waals surface area contributed by atoms with E-state index in [4.69, 9.17) is 0 Å². The molecule has 0 aliphatic carbocycles. The van der Waals surface area contributed by atoms with Crippen LogP contribution in [0.15, 0.2) is 24.3 Å². The van der Waals surface area contributed by atoms with Crippen LogP contribution >= 0.6 is 0 Å². The van der Waals surface area contributed by atoms with Crippen LogP contribution in [0.5, 0.6) is 0 Å². The van der Waals surface area contributed by atoms with Crippen LogP contribution in [-0.4, -0.2) is 43.7 Å². The van der Waals surface area contributed by atoms with Crippen molar-refractivity contribution >= 4 is 11.7 Å². The topological polar surface area (TPSA) is 35.6 Å². The van der Waals surface area contributed by atoms with Gasteiger partial charge in [0.1, 0.15) is 0 Å². The number of rotatable bonds is 2. The van der Waals surface area contributed by atoms with Crippen molar-refractivity contribution in [2.75, 3.05) is 37.6 Å². The molecule has 116 valence electrons. The molecular weight excluding hydrogens is 283 g/mol. The van der Waals surface area contributed by atoms with Crippen LogP contribution in [0.4, 0.5) is 23.7 Å². The molecule has 0 atom stereocenters. The van der Waals surface area contributed by atoms with Crippen molar-refractivity contribution in [3.05, 3.63) is 29.8 Å². The number of nitrogens with one attached hydrogen (secondary N) is 1. The molecule has 0 saturated carbocycles. The molecule has 0 bridgehead atoms. The Bertz CT molecular complexity index is 496. The molecule has 4 nitrogen and oxygen atoms in total. The number of urea groups is 1. The van der Waals surface area contributed by atoms with Crippen LogP contribution in [-0.2, 0) is 6.18 Å². The van der Waals surface area contributed by atoms with E-state index in [1.54, 1.807) is 11.0 Å². The normalized spacial score (nSPS) is 16.0. The fourth-order valence-electron chi connectivity index (χ4n) is 2.31. The number of hydrogen-bond donors (Lipinski definition) is 1. The monoisotopic (exact) mass is 301 g/mol. The summed E-state index contributed by atoms with van der Waals surface area (Å²) in [6.45, 7) is 4.46. The molecule has 1 aromatic rings. The molecule has 1 saturated heterocycles. The third-order valence-electron chi connectivity index (χ3n) is 3.43. The number of nitrogens with zero attached hydrogens (tertiary/aromatic N) is 2. The Morgan fingerprint density at radius 3 is 2.48 bits per heavy atom. The summed E-state index contributed by atoms with van der Waals surface area (Å²) in [6, 6.07) is 5.17. The van der Waals surface area contributed by atoms with E-state index in [1.165, 1.54) is 6.07 Å². The number of amides is 2. The number of carbonyl (C=O) groups excluding carboxylic acids is 1. The molecule has 0 aromatic heterocycles. The lowest BCUT2D eigenvalue weighted by atomic mass is 10.1. The van der Waals surface area contributed by atoms with E-state index in [0.717, 1.165) is 12.1 Å². The number of benzene rings is 1. The minimum Gasteiger partial charge on any atom is -0.368 e. The fourth-order valence-corrected chi connectivity index (χ4v) is 2.31. The SMILES string of the molecule is CCNC(=O)N1CCN(c2cccc(C(F)(F)F)c2)CC1. The minimum absolute atomic E-state index is 0.124. The Kier molecular flexibility index (Phi) is 4.59. The summed E-state index contributed by atoms with van der Waals surface area (Å²) in [6.07, 6.45) is -4.33. The standard InChI is InChI=1S/C14H18F3N3O/c1-2-18-13(21)20-8-6-19(7-9-20)12-5-3-4-11(10-12)14(15,16)17/h3-5,10H,2,6-9H2,1H3,(H,18,21). The second-order valence-corrected chi connectivity index (χ2v) is 4.86. The van der Waals surface area contributed by atoms with Gasteiger partial charge in [0.25, 0.3) is 0 Å². The summed E-state index contributed by atoms with van der Waals surface area (Å²) in [4.78, 5) is 15.2. The lowest BCUT2D eigenvalue weighted by Crippen LogP contribution is -2.51. The molecule has 1 aliphatic rings. The highest BCUT2D eigenvalue weighted by molar-refractivity contribution is 5.74. The van der Waals surface area contributed by atoms with Crippen molar-refractivity contribution in [2.45, 2.75) is 13.1 Å². The van der Waals surface area contributed by atoms with E-state index in [2.05, 4.69) is 5.32 Å². The van der Waals surface area contributed by atoms with Gasteiger partial charge in [-0.3, -0.25) is 0 Å². The van der Waals surface area contributed by atoms with Crippen LogP contribution in [0, 0.1) is 0 Å². The Hall–Kier alpha value is -1.92. The summed E-state index contributed by atoms with van der Waals surface area (Å²) >= 11 is 0. The van der Waals surface area contributed by atoms with Gasteiger partial charge in [-0.2, -0.15) is 13.2 Å². The Morgan fingerprint density at radius 2 is 1.90 bits per heavy atom. The number of carbonyl (C=O) groups is 1. The molecule has 21 heavy (non-hydrogen) atoms. The summed E-state index contributed by atoms with van der Waals surface area (Å²) in [5.74, 6) is 0. The van der Waals surface area contributed by atoms with Crippen molar-refractivity contribution < 1.29 is 18.0 Å². The first-order chi connectivity index (χ1) is 9.91. The predicted molar refractivity (Wildman–Crippen MR) is 74.3 cm³/mol. The number of anilines is 1. The molecule has 0 spiro atoms. The van der Waals surface area contributed by atoms with Gasteiger partial charge < -0.3 is 15.1 Å². The van der Waals surface area contributed by atoms with Gasteiger partial charge in [0.2, 0.25) is 0 Å². The second kappa shape index (κ2) is 6.24. The quantitative estimate of drug-likeness (QED) is 0.911. The lowest BCUT2D eigenvalue weighted by Gasteiger charge is -2.36. The number of alkyl halides is 3. The molecule has 7 heteroatoms. The van der Waals surface area contributed by atoms with E-state index < -0.39 is 11.7 Å². The van der Waals surface area contributed by atoms with E-state index in [-0.39, 0.29) is 6.03 Å². The molecule has 1 aromatic carbocycles. The Morgan fingerprint density at radius 1 is 1.24 bits per heavy atom. The highest BCUT2D eigenvalue weighted by Crippen LogP contribution is 2.31. The van der Waals surface area contributed by atoms with Gasteiger partial charge in [0.15, 0.2) is 0 Å². The molecule has 0 unspecified atom stereocenters. The van der Waals surface area contributed by atoms with Crippen LogP contribution in [0.25, 0.3) is 0 Å². The van der Waals surface area contributed by atoms with Gasteiger partial charge in [-0.15, -0.1) is 0 Å². The molecule has 1 aliphatic heterocycles. The third-order valence-corrected chi connectivity index (χ3v) is 3.43. The van der Waals surface area contributed by atoms with Crippen molar-refractivity contribution in [3.63, 3.8) is 0 Å². The van der Waals surface area contributed by atoms with Gasteiger partial charge in [0, 0.05) is 38.4 Å². The first-order valence-electron chi connectivity index (χ1n) is 6.87. The minimum atomic E-state index is -4.33. The third kappa shape index (κ3) is 3.80. The van der Waals surface area contributed by atoms with Crippen LogP contribution < -0.4 is 10.2 Å². The zero-order chi connectivity index (χ0) is 15.5. The molecule has 2 amide bonds. The molecule has 1 fully saturated rings. The van der Waals surface area contributed by atoms with E-state index >= 15 is 0 Å². The van der Waals surface area contributed by atoms with Gasteiger partial charge in [0.05, 0.1) is 5.56 Å². The summed E-state index contributed by atoms with van der Waals surface area (Å²) in [5.41, 5.74) is -0.105. The van der Waals surface area contributed by atoms with Crippen LogP contribution in [0.2, 0.25) is 0 Å². The summed E-state index contributed by atoms with van der Waals surface area (Å²) in [7, 11) is 0. The largest absolute Gasteiger partial charge is 0.416 e. The Balaban J connectivity index is 2.01. The van der Waals surface area contributed by atoms with Gasteiger partial charge in [-0.25, -0.2) is 4.79 Å².